The standard InChI is InChI=1S/C28H30N2O5/c1-18-5-15-25(35-4)24(17-18)29-28(32)23-14-16-26(31)30(20-8-12-22(34-3)13-9-20)27(23)19-6-10-21(33-2)11-7-19/h5-13,15,17,23,27H,14,16H2,1-4H3,(H,29,32)/t23-,27-/m1/s1. The first-order valence-electron chi connectivity index (χ1n) is 11.5. The van der Waals surface area contributed by atoms with E-state index in [0.717, 1.165) is 11.1 Å². The number of nitrogens with one attached hydrogen (secondary N) is 1. The lowest BCUT2D eigenvalue weighted by atomic mass is 9.83. The molecule has 7 heteroatoms. The molecule has 4 rings (SSSR count). The van der Waals surface area contributed by atoms with E-state index >= 15 is 0 Å². The normalized spacial score (nSPS) is 17.6. The number of hydrogen-bond acceptors (Lipinski definition) is 5. The molecule has 3 aromatic rings. The van der Waals surface area contributed by atoms with Gasteiger partial charge in [0, 0.05) is 12.1 Å². The van der Waals surface area contributed by atoms with Crippen LogP contribution in [0.4, 0.5) is 11.4 Å². The Morgan fingerprint density at radius 1 is 0.886 bits per heavy atom. The summed E-state index contributed by atoms with van der Waals surface area (Å²) in [7, 11) is 4.78. The summed E-state index contributed by atoms with van der Waals surface area (Å²) in [5.41, 5.74) is 3.18. The van der Waals surface area contributed by atoms with E-state index in [0.29, 0.717) is 35.0 Å². The van der Waals surface area contributed by atoms with Gasteiger partial charge in [-0.25, -0.2) is 0 Å². The molecule has 1 N–H and O–H groups in total. The Kier molecular flexibility index (Phi) is 7.25. The summed E-state index contributed by atoms with van der Waals surface area (Å²) in [6.07, 6.45) is 0.698. The van der Waals surface area contributed by atoms with Crippen molar-refractivity contribution >= 4 is 23.2 Å². The van der Waals surface area contributed by atoms with Gasteiger partial charge in [-0.05, 0) is 73.0 Å². The molecule has 0 bridgehead atoms. The van der Waals surface area contributed by atoms with Gasteiger partial charge < -0.3 is 24.4 Å². The van der Waals surface area contributed by atoms with Crippen molar-refractivity contribution in [2.45, 2.75) is 25.8 Å². The highest BCUT2D eigenvalue weighted by Crippen LogP contribution is 2.41. The molecule has 0 saturated carbocycles. The van der Waals surface area contributed by atoms with Crippen molar-refractivity contribution < 1.29 is 23.8 Å². The number of ether oxygens (including phenoxy) is 3. The number of methoxy groups -OCH3 is 3. The van der Waals surface area contributed by atoms with Crippen LogP contribution in [0.15, 0.2) is 66.7 Å². The predicted octanol–water partition coefficient (Wildman–Crippen LogP) is 5.14. The zero-order valence-electron chi connectivity index (χ0n) is 20.4. The molecular weight excluding hydrogens is 444 g/mol. The van der Waals surface area contributed by atoms with E-state index in [4.69, 9.17) is 14.2 Å². The summed E-state index contributed by atoms with van der Waals surface area (Å²) < 4.78 is 16.1. The molecule has 35 heavy (non-hydrogen) atoms. The zero-order chi connectivity index (χ0) is 24.9. The molecule has 1 heterocycles. The third-order valence-corrected chi connectivity index (χ3v) is 6.35. The van der Waals surface area contributed by atoms with Gasteiger partial charge in [-0.1, -0.05) is 18.2 Å². The molecule has 0 spiro atoms. The highest BCUT2D eigenvalue weighted by molar-refractivity contribution is 6.00. The molecule has 0 unspecified atom stereocenters. The molecule has 7 nitrogen and oxygen atoms in total. The lowest BCUT2D eigenvalue weighted by Crippen LogP contribution is -2.47. The van der Waals surface area contributed by atoms with Crippen molar-refractivity contribution in [1.82, 2.24) is 0 Å². The van der Waals surface area contributed by atoms with Crippen LogP contribution in [0, 0.1) is 12.8 Å². The smallest absolute Gasteiger partial charge is 0.230 e. The molecule has 2 atom stereocenters. The zero-order valence-corrected chi connectivity index (χ0v) is 20.4. The van der Waals surface area contributed by atoms with Crippen molar-refractivity contribution in [2.75, 3.05) is 31.5 Å². The summed E-state index contributed by atoms with van der Waals surface area (Å²) in [5, 5.41) is 3.05. The molecule has 182 valence electrons. The molecule has 2 amide bonds. The molecular formula is C28H30N2O5. The van der Waals surface area contributed by atoms with E-state index < -0.39 is 12.0 Å². The number of benzene rings is 3. The van der Waals surface area contributed by atoms with E-state index in [1.807, 2.05) is 73.7 Å². The van der Waals surface area contributed by atoms with Gasteiger partial charge in [0.25, 0.3) is 0 Å². The van der Waals surface area contributed by atoms with Crippen LogP contribution in [-0.2, 0) is 9.59 Å². The van der Waals surface area contributed by atoms with Crippen LogP contribution in [0.2, 0.25) is 0 Å². The first-order chi connectivity index (χ1) is 16.9. The van der Waals surface area contributed by atoms with Crippen LogP contribution in [-0.4, -0.2) is 33.1 Å². The van der Waals surface area contributed by atoms with Gasteiger partial charge in [0.2, 0.25) is 11.8 Å². The van der Waals surface area contributed by atoms with Crippen LogP contribution in [0.25, 0.3) is 0 Å². The monoisotopic (exact) mass is 474 g/mol. The average molecular weight is 475 g/mol. The molecule has 1 aliphatic rings. The Morgan fingerprint density at radius 2 is 1.51 bits per heavy atom. The number of nitrogens with zero attached hydrogens (tertiary/aromatic N) is 1. The SMILES string of the molecule is COc1ccc([C@@H]2[C@H](C(=O)Nc3cc(C)ccc3OC)CCC(=O)N2c2ccc(OC)cc2)cc1. The third kappa shape index (κ3) is 5.09. The average Bonchev–Trinajstić information content (AvgIpc) is 2.88. The minimum absolute atomic E-state index is 0.0341. The third-order valence-electron chi connectivity index (χ3n) is 6.35. The summed E-state index contributed by atoms with van der Waals surface area (Å²) in [6, 6.07) is 20.0. The molecule has 1 aliphatic heterocycles. The maximum atomic E-state index is 13.7. The summed E-state index contributed by atoms with van der Waals surface area (Å²) in [4.78, 5) is 28.7. The van der Waals surface area contributed by atoms with Crippen LogP contribution >= 0.6 is 0 Å². The molecule has 3 aromatic carbocycles. The summed E-state index contributed by atoms with van der Waals surface area (Å²) in [6.45, 7) is 1.96. The second kappa shape index (κ2) is 10.5. The highest BCUT2D eigenvalue weighted by Gasteiger charge is 2.41. The fourth-order valence-electron chi connectivity index (χ4n) is 4.54. The largest absolute Gasteiger partial charge is 0.497 e. The molecule has 0 aromatic heterocycles. The van der Waals surface area contributed by atoms with Gasteiger partial charge in [-0.3, -0.25) is 9.59 Å². The minimum atomic E-state index is -0.494. The number of piperidine rings is 1. The predicted molar refractivity (Wildman–Crippen MR) is 135 cm³/mol. The quantitative estimate of drug-likeness (QED) is 0.513. The van der Waals surface area contributed by atoms with Crippen LogP contribution in [0.5, 0.6) is 17.2 Å². The topological polar surface area (TPSA) is 77.1 Å². The minimum Gasteiger partial charge on any atom is -0.497 e. The Morgan fingerprint density at radius 3 is 2.11 bits per heavy atom. The fraction of sp³-hybridized carbons (Fsp3) is 0.286. The van der Waals surface area contributed by atoms with E-state index in [1.165, 1.54) is 0 Å². The molecule has 1 fully saturated rings. The Bertz CT molecular complexity index is 1190. The van der Waals surface area contributed by atoms with Gasteiger partial charge in [-0.2, -0.15) is 0 Å². The maximum Gasteiger partial charge on any atom is 0.230 e. The lowest BCUT2D eigenvalue weighted by molar-refractivity contribution is -0.125. The lowest BCUT2D eigenvalue weighted by Gasteiger charge is -2.41. The first kappa shape index (κ1) is 24.1. The van der Waals surface area contributed by atoms with Crippen molar-refractivity contribution in [1.29, 1.82) is 0 Å². The Balaban J connectivity index is 1.74. The number of anilines is 2. The van der Waals surface area contributed by atoms with Crippen molar-refractivity contribution in [3.05, 3.63) is 77.9 Å². The van der Waals surface area contributed by atoms with Gasteiger partial charge in [0.05, 0.1) is 39.0 Å². The number of carbonyl (C=O) groups excluding carboxylic acids is 2. The van der Waals surface area contributed by atoms with Crippen LogP contribution in [0.3, 0.4) is 0 Å². The van der Waals surface area contributed by atoms with E-state index in [1.54, 1.807) is 26.2 Å². The molecule has 0 aliphatic carbocycles. The fourth-order valence-corrected chi connectivity index (χ4v) is 4.54. The first-order valence-corrected chi connectivity index (χ1v) is 11.5. The van der Waals surface area contributed by atoms with E-state index in [2.05, 4.69) is 5.32 Å². The molecule has 1 saturated heterocycles. The number of carbonyl (C=O) groups is 2. The number of hydrogen-bond donors (Lipinski definition) is 1. The van der Waals surface area contributed by atoms with E-state index in [9.17, 15) is 9.59 Å². The Hall–Kier alpha value is -4.00. The van der Waals surface area contributed by atoms with Gasteiger partial charge in [0.1, 0.15) is 17.2 Å². The van der Waals surface area contributed by atoms with Gasteiger partial charge >= 0.3 is 0 Å². The summed E-state index contributed by atoms with van der Waals surface area (Å²) in [5.74, 6) is 1.31. The van der Waals surface area contributed by atoms with Gasteiger partial charge in [0.15, 0.2) is 0 Å². The summed E-state index contributed by atoms with van der Waals surface area (Å²) >= 11 is 0. The van der Waals surface area contributed by atoms with Crippen molar-refractivity contribution in [3.63, 3.8) is 0 Å². The number of rotatable bonds is 7. The van der Waals surface area contributed by atoms with Crippen molar-refractivity contribution in [2.24, 2.45) is 5.92 Å². The molecule has 0 radical (unpaired) electrons. The maximum absolute atomic E-state index is 13.7. The van der Waals surface area contributed by atoms with Crippen molar-refractivity contribution in [3.8, 4) is 17.2 Å². The number of amides is 2. The second-order valence-electron chi connectivity index (χ2n) is 8.52. The van der Waals surface area contributed by atoms with E-state index in [-0.39, 0.29) is 18.2 Å². The second-order valence-corrected chi connectivity index (χ2v) is 8.52. The highest BCUT2D eigenvalue weighted by atomic mass is 16.5. The van der Waals surface area contributed by atoms with Gasteiger partial charge in [-0.15, -0.1) is 0 Å². The Labute approximate surface area is 205 Å². The van der Waals surface area contributed by atoms with Crippen LogP contribution in [0.1, 0.15) is 30.0 Å². The van der Waals surface area contributed by atoms with Crippen LogP contribution < -0.4 is 24.4 Å². The number of aryl methyl sites for hydroxylation is 1.